The molecule has 0 saturated heterocycles. The van der Waals surface area contributed by atoms with Crippen LogP contribution in [-0.2, 0) is 10.2 Å². The van der Waals surface area contributed by atoms with E-state index in [4.69, 9.17) is 4.74 Å². The van der Waals surface area contributed by atoms with Crippen molar-refractivity contribution in [3.63, 3.8) is 0 Å². The van der Waals surface area contributed by atoms with Gasteiger partial charge in [-0.15, -0.1) is 0 Å². The summed E-state index contributed by atoms with van der Waals surface area (Å²) in [6.07, 6.45) is 0.960. The fourth-order valence-electron chi connectivity index (χ4n) is 2.93. The van der Waals surface area contributed by atoms with E-state index in [-0.39, 0.29) is 11.4 Å². The molecule has 0 N–H and O–H groups in total. The van der Waals surface area contributed by atoms with Crippen LogP contribution in [0.2, 0.25) is 0 Å². The van der Waals surface area contributed by atoms with Crippen LogP contribution in [0.4, 0.5) is 0 Å². The van der Waals surface area contributed by atoms with Crippen LogP contribution in [0.3, 0.4) is 0 Å². The smallest absolute Gasteiger partial charge is 0.338 e. The molecule has 0 aromatic heterocycles. The number of esters is 1. The standard InChI is InChI=1S/C17H15IO2/c18-11-10-17(13-6-2-1-3-7-13)12-20-16(19)14-8-4-5-9-15(14)17/h1-9H,10-12H2. The van der Waals surface area contributed by atoms with Gasteiger partial charge in [0.1, 0.15) is 6.61 Å². The Labute approximate surface area is 132 Å². The highest BCUT2D eigenvalue weighted by Crippen LogP contribution is 2.41. The molecule has 2 aromatic rings. The predicted octanol–water partition coefficient (Wildman–Crippen LogP) is 3.97. The van der Waals surface area contributed by atoms with E-state index < -0.39 is 0 Å². The molecular weight excluding hydrogens is 363 g/mol. The fraction of sp³-hybridized carbons (Fsp3) is 0.235. The molecule has 2 nitrogen and oxygen atoms in total. The van der Waals surface area contributed by atoms with Gasteiger partial charge < -0.3 is 4.74 Å². The van der Waals surface area contributed by atoms with Gasteiger partial charge in [-0.2, -0.15) is 0 Å². The zero-order chi connectivity index (χ0) is 14.0. The van der Waals surface area contributed by atoms with Gasteiger partial charge in [0.2, 0.25) is 0 Å². The summed E-state index contributed by atoms with van der Waals surface area (Å²) >= 11 is 2.39. The molecule has 0 saturated carbocycles. The number of rotatable bonds is 3. The summed E-state index contributed by atoms with van der Waals surface area (Å²) in [6.45, 7) is 0.426. The van der Waals surface area contributed by atoms with Gasteiger partial charge in [-0.3, -0.25) is 0 Å². The summed E-state index contributed by atoms with van der Waals surface area (Å²) in [7, 11) is 0. The monoisotopic (exact) mass is 378 g/mol. The molecule has 3 heteroatoms. The number of fused-ring (bicyclic) bond motifs is 1. The number of alkyl halides is 1. The Morgan fingerprint density at radius 3 is 2.50 bits per heavy atom. The Bertz CT molecular complexity index is 624. The van der Waals surface area contributed by atoms with Crippen molar-refractivity contribution in [1.82, 2.24) is 0 Å². The number of carbonyl (C=O) groups excluding carboxylic acids is 1. The Hall–Kier alpha value is -1.36. The number of hydrogen-bond acceptors (Lipinski definition) is 2. The fourth-order valence-corrected chi connectivity index (χ4v) is 3.85. The lowest BCUT2D eigenvalue weighted by Gasteiger charge is -2.38. The Morgan fingerprint density at radius 1 is 1.05 bits per heavy atom. The van der Waals surface area contributed by atoms with Gasteiger partial charge in [0.25, 0.3) is 0 Å². The van der Waals surface area contributed by atoms with Gasteiger partial charge in [-0.25, -0.2) is 4.79 Å². The predicted molar refractivity (Wildman–Crippen MR) is 87.5 cm³/mol. The number of cyclic esters (lactones) is 1. The van der Waals surface area contributed by atoms with Crippen LogP contribution >= 0.6 is 22.6 Å². The minimum Gasteiger partial charge on any atom is -0.461 e. The lowest BCUT2D eigenvalue weighted by atomic mass is 9.70. The number of ether oxygens (including phenoxy) is 1. The molecule has 1 aliphatic heterocycles. The van der Waals surface area contributed by atoms with E-state index in [0.29, 0.717) is 12.2 Å². The van der Waals surface area contributed by atoms with Gasteiger partial charge in [0.05, 0.1) is 11.0 Å². The largest absolute Gasteiger partial charge is 0.461 e. The van der Waals surface area contributed by atoms with Crippen LogP contribution in [0, 0.1) is 0 Å². The molecule has 2 aromatic carbocycles. The Kier molecular flexibility index (Phi) is 3.78. The number of halogens is 1. The molecule has 0 bridgehead atoms. The molecule has 0 spiro atoms. The van der Waals surface area contributed by atoms with Gasteiger partial charge >= 0.3 is 5.97 Å². The molecule has 1 unspecified atom stereocenters. The molecule has 1 aliphatic rings. The zero-order valence-corrected chi connectivity index (χ0v) is 13.2. The van der Waals surface area contributed by atoms with Crippen molar-refractivity contribution in [2.45, 2.75) is 11.8 Å². The molecule has 1 heterocycles. The minimum absolute atomic E-state index is 0.208. The summed E-state index contributed by atoms with van der Waals surface area (Å²) in [5.41, 5.74) is 2.80. The van der Waals surface area contributed by atoms with Gasteiger partial charge in [-0.1, -0.05) is 71.1 Å². The van der Waals surface area contributed by atoms with Crippen LogP contribution in [-0.4, -0.2) is 17.0 Å². The molecule has 1 atom stereocenters. The first-order valence-corrected chi connectivity index (χ1v) is 8.18. The second-order valence-corrected chi connectivity index (χ2v) is 6.09. The van der Waals surface area contributed by atoms with Crippen molar-refractivity contribution in [3.8, 4) is 0 Å². The van der Waals surface area contributed by atoms with E-state index in [1.165, 1.54) is 5.56 Å². The molecule has 0 aliphatic carbocycles. The molecule has 0 radical (unpaired) electrons. The van der Waals surface area contributed by atoms with Crippen molar-refractivity contribution in [2.75, 3.05) is 11.0 Å². The van der Waals surface area contributed by atoms with Crippen molar-refractivity contribution in [1.29, 1.82) is 0 Å². The van der Waals surface area contributed by atoms with Crippen molar-refractivity contribution in [3.05, 3.63) is 71.3 Å². The third-order valence-corrected chi connectivity index (χ3v) is 4.50. The van der Waals surface area contributed by atoms with E-state index in [1.54, 1.807) is 0 Å². The zero-order valence-electron chi connectivity index (χ0n) is 11.0. The number of benzene rings is 2. The first kappa shape index (κ1) is 13.6. The van der Waals surface area contributed by atoms with E-state index in [1.807, 2.05) is 36.4 Å². The van der Waals surface area contributed by atoms with Crippen LogP contribution in [0.5, 0.6) is 0 Å². The quantitative estimate of drug-likeness (QED) is 0.459. The lowest BCUT2D eigenvalue weighted by molar-refractivity contribution is 0.0375. The summed E-state index contributed by atoms with van der Waals surface area (Å²) < 4.78 is 6.50. The Morgan fingerprint density at radius 2 is 1.75 bits per heavy atom. The average molecular weight is 378 g/mol. The maximum atomic E-state index is 12.0. The minimum atomic E-state index is -0.215. The third-order valence-electron chi connectivity index (χ3n) is 3.96. The number of hydrogen-bond donors (Lipinski definition) is 0. The summed E-state index contributed by atoms with van der Waals surface area (Å²) in [6, 6.07) is 18.2. The summed E-state index contributed by atoms with van der Waals surface area (Å²) in [5, 5.41) is 0. The molecule has 0 fully saturated rings. The Balaban J connectivity index is 2.22. The van der Waals surface area contributed by atoms with Crippen molar-refractivity contribution in [2.24, 2.45) is 0 Å². The first-order chi connectivity index (χ1) is 9.78. The van der Waals surface area contributed by atoms with E-state index in [2.05, 4.69) is 40.8 Å². The maximum Gasteiger partial charge on any atom is 0.338 e. The highest BCUT2D eigenvalue weighted by atomic mass is 127. The SMILES string of the molecule is O=C1OCC(CCI)(c2ccccc2)c2ccccc21. The highest BCUT2D eigenvalue weighted by Gasteiger charge is 2.41. The molecule has 102 valence electrons. The van der Waals surface area contributed by atoms with Gasteiger partial charge in [0, 0.05) is 4.43 Å². The maximum absolute atomic E-state index is 12.0. The molecular formula is C17H15IO2. The number of carbonyl (C=O) groups is 1. The van der Waals surface area contributed by atoms with Crippen LogP contribution in [0.15, 0.2) is 54.6 Å². The van der Waals surface area contributed by atoms with Crippen LogP contribution < -0.4 is 0 Å². The van der Waals surface area contributed by atoms with Crippen molar-refractivity contribution < 1.29 is 9.53 Å². The van der Waals surface area contributed by atoms with Gasteiger partial charge in [0.15, 0.2) is 0 Å². The molecule has 0 amide bonds. The molecule has 20 heavy (non-hydrogen) atoms. The van der Waals surface area contributed by atoms with Crippen LogP contribution in [0.1, 0.15) is 27.9 Å². The molecule has 3 rings (SSSR count). The van der Waals surface area contributed by atoms with Gasteiger partial charge in [-0.05, 0) is 23.6 Å². The second kappa shape index (κ2) is 5.56. The second-order valence-electron chi connectivity index (χ2n) is 5.01. The van der Waals surface area contributed by atoms with Crippen LogP contribution in [0.25, 0.3) is 0 Å². The topological polar surface area (TPSA) is 26.3 Å². The van der Waals surface area contributed by atoms with Crippen molar-refractivity contribution >= 4 is 28.6 Å². The normalized spacial score (nSPS) is 21.1. The third kappa shape index (κ3) is 2.14. The summed E-state index contributed by atoms with van der Waals surface area (Å²) in [4.78, 5) is 12.0. The van der Waals surface area contributed by atoms with E-state index >= 15 is 0 Å². The first-order valence-electron chi connectivity index (χ1n) is 6.66. The average Bonchev–Trinajstić information content (AvgIpc) is 2.52. The highest BCUT2D eigenvalue weighted by molar-refractivity contribution is 14.1. The van der Waals surface area contributed by atoms with E-state index in [9.17, 15) is 4.79 Å². The van der Waals surface area contributed by atoms with E-state index in [0.717, 1.165) is 16.4 Å². The lowest BCUT2D eigenvalue weighted by Crippen LogP contribution is -2.40. The summed E-state index contributed by atoms with van der Waals surface area (Å²) in [5.74, 6) is -0.208.